The summed E-state index contributed by atoms with van der Waals surface area (Å²) in [4.78, 5) is 10.9. The summed E-state index contributed by atoms with van der Waals surface area (Å²) in [6.07, 6.45) is 1.69. The van der Waals surface area contributed by atoms with Crippen LogP contribution in [0.4, 0.5) is 0 Å². The van der Waals surface area contributed by atoms with Crippen molar-refractivity contribution in [3.05, 3.63) is 35.4 Å². The molecule has 0 aliphatic heterocycles. The van der Waals surface area contributed by atoms with Crippen LogP contribution in [0.15, 0.2) is 24.3 Å². The summed E-state index contributed by atoms with van der Waals surface area (Å²) in [5.74, 6) is -1.27. The van der Waals surface area contributed by atoms with E-state index in [4.69, 9.17) is 10.4 Å². The summed E-state index contributed by atoms with van der Waals surface area (Å²) in [5, 5.41) is 17.7. The zero-order valence-corrected chi connectivity index (χ0v) is 12.2. The Labute approximate surface area is 123 Å². The number of hydrogen-bond donors (Lipinski definition) is 2. The number of nitrogens with zero attached hydrogens (tertiary/aromatic N) is 1. The van der Waals surface area contributed by atoms with Crippen LogP contribution >= 0.6 is 0 Å². The van der Waals surface area contributed by atoms with Crippen molar-refractivity contribution in [1.82, 2.24) is 4.72 Å². The van der Waals surface area contributed by atoms with Crippen LogP contribution in [0.2, 0.25) is 0 Å². The third kappa shape index (κ3) is 4.03. The lowest BCUT2D eigenvalue weighted by Crippen LogP contribution is -2.54. The summed E-state index contributed by atoms with van der Waals surface area (Å²) in [5.41, 5.74) is 0.0512. The molecule has 1 fully saturated rings. The number of hydrogen-bond acceptors (Lipinski definition) is 4. The number of carbonyl (C=O) groups is 1. The third-order valence-electron chi connectivity index (χ3n) is 3.59. The van der Waals surface area contributed by atoms with Gasteiger partial charge in [0.1, 0.15) is 0 Å². The van der Waals surface area contributed by atoms with Crippen LogP contribution in [0, 0.1) is 11.3 Å². The van der Waals surface area contributed by atoms with Crippen molar-refractivity contribution in [3.8, 4) is 6.07 Å². The number of carboxylic acid groups (broad SMARTS) is 1. The minimum absolute atomic E-state index is 0.204. The van der Waals surface area contributed by atoms with Crippen LogP contribution in [-0.2, 0) is 20.6 Å². The van der Waals surface area contributed by atoms with Crippen molar-refractivity contribution in [1.29, 1.82) is 5.26 Å². The van der Waals surface area contributed by atoms with E-state index in [1.807, 2.05) is 6.07 Å². The van der Waals surface area contributed by atoms with Gasteiger partial charge in [0.25, 0.3) is 0 Å². The lowest BCUT2D eigenvalue weighted by Gasteiger charge is -2.41. The maximum atomic E-state index is 12.2. The van der Waals surface area contributed by atoms with Crippen molar-refractivity contribution in [2.75, 3.05) is 0 Å². The van der Waals surface area contributed by atoms with E-state index < -0.39 is 21.5 Å². The first-order valence-corrected chi connectivity index (χ1v) is 8.22. The first-order chi connectivity index (χ1) is 9.84. The SMILES string of the molecule is N#Cc1cccc(CS(=O)(=O)NC2(CC(=O)O)CCC2)c1. The molecule has 0 atom stereocenters. The van der Waals surface area contributed by atoms with Crippen LogP contribution in [0.5, 0.6) is 0 Å². The van der Waals surface area contributed by atoms with E-state index in [9.17, 15) is 13.2 Å². The molecular formula is C14H16N2O4S. The fourth-order valence-corrected chi connectivity index (χ4v) is 4.15. The molecule has 6 nitrogen and oxygen atoms in total. The average molecular weight is 308 g/mol. The van der Waals surface area contributed by atoms with Gasteiger partial charge in [-0.05, 0) is 37.0 Å². The highest BCUT2D eigenvalue weighted by molar-refractivity contribution is 7.88. The molecule has 1 aliphatic carbocycles. The smallest absolute Gasteiger partial charge is 0.305 e. The quantitative estimate of drug-likeness (QED) is 0.825. The maximum Gasteiger partial charge on any atom is 0.305 e. The highest BCUT2D eigenvalue weighted by Crippen LogP contribution is 2.35. The summed E-state index contributed by atoms with van der Waals surface area (Å²) < 4.78 is 26.9. The van der Waals surface area contributed by atoms with Crippen LogP contribution < -0.4 is 4.72 Å². The molecule has 0 amide bonds. The van der Waals surface area contributed by atoms with Gasteiger partial charge in [0.05, 0.1) is 23.8 Å². The van der Waals surface area contributed by atoms with Crippen molar-refractivity contribution < 1.29 is 18.3 Å². The van der Waals surface area contributed by atoms with Gasteiger partial charge >= 0.3 is 5.97 Å². The van der Waals surface area contributed by atoms with E-state index in [0.717, 1.165) is 6.42 Å². The Morgan fingerprint density at radius 1 is 1.43 bits per heavy atom. The zero-order valence-electron chi connectivity index (χ0n) is 11.4. The molecule has 21 heavy (non-hydrogen) atoms. The topological polar surface area (TPSA) is 107 Å². The molecular weight excluding hydrogens is 292 g/mol. The Bertz CT molecular complexity index is 687. The van der Waals surface area contributed by atoms with Crippen LogP contribution in [0.25, 0.3) is 0 Å². The second-order valence-corrected chi connectivity index (χ2v) is 7.10. The van der Waals surface area contributed by atoms with E-state index in [1.165, 1.54) is 6.07 Å². The number of sulfonamides is 1. The highest BCUT2D eigenvalue weighted by atomic mass is 32.2. The number of nitriles is 1. The normalized spacial score (nSPS) is 16.7. The van der Waals surface area contributed by atoms with Gasteiger partial charge in [0, 0.05) is 5.54 Å². The molecule has 1 saturated carbocycles. The van der Waals surface area contributed by atoms with Gasteiger partial charge in [-0.1, -0.05) is 12.1 Å². The standard InChI is InChI=1S/C14H16N2O4S/c15-9-11-3-1-4-12(7-11)10-21(19,20)16-14(5-2-6-14)8-13(17)18/h1,3-4,7,16H,2,5-6,8,10H2,(H,17,18). The minimum Gasteiger partial charge on any atom is -0.481 e. The molecule has 0 radical (unpaired) electrons. The molecule has 0 heterocycles. The van der Waals surface area contributed by atoms with E-state index in [2.05, 4.69) is 4.72 Å². The fourth-order valence-electron chi connectivity index (χ4n) is 2.52. The molecule has 0 saturated heterocycles. The van der Waals surface area contributed by atoms with E-state index in [-0.39, 0.29) is 12.2 Å². The summed E-state index contributed by atoms with van der Waals surface area (Å²) in [7, 11) is -3.65. The molecule has 1 aromatic rings. The summed E-state index contributed by atoms with van der Waals surface area (Å²) >= 11 is 0. The van der Waals surface area contributed by atoms with E-state index >= 15 is 0 Å². The Hall–Kier alpha value is -1.91. The molecule has 0 unspecified atom stereocenters. The summed E-state index contributed by atoms with van der Waals surface area (Å²) in [6.45, 7) is 0. The lowest BCUT2D eigenvalue weighted by atomic mass is 9.75. The number of benzene rings is 1. The van der Waals surface area contributed by atoms with Crippen molar-refractivity contribution in [3.63, 3.8) is 0 Å². The summed E-state index contributed by atoms with van der Waals surface area (Å²) in [6, 6.07) is 8.33. The van der Waals surface area contributed by atoms with Gasteiger partial charge in [0.2, 0.25) is 10.0 Å². The second kappa shape index (κ2) is 5.84. The Kier molecular flexibility index (Phi) is 4.30. The van der Waals surface area contributed by atoms with Gasteiger partial charge in [0.15, 0.2) is 0 Å². The molecule has 0 aromatic heterocycles. The molecule has 2 N–H and O–H groups in total. The number of aliphatic carboxylic acids is 1. The van der Waals surface area contributed by atoms with Crippen molar-refractivity contribution in [2.24, 2.45) is 0 Å². The Morgan fingerprint density at radius 2 is 2.14 bits per heavy atom. The van der Waals surface area contributed by atoms with Gasteiger partial charge in [-0.2, -0.15) is 5.26 Å². The predicted octanol–water partition coefficient (Wildman–Crippen LogP) is 1.38. The van der Waals surface area contributed by atoms with Crippen molar-refractivity contribution in [2.45, 2.75) is 37.0 Å². The number of rotatable bonds is 6. The van der Waals surface area contributed by atoms with Gasteiger partial charge in [-0.25, -0.2) is 13.1 Å². The zero-order chi connectivity index (χ0) is 15.5. The van der Waals surface area contributed by atoms with E-state index in [1.54, 1.807) is 18.2 Å². The second-order valence-electron chi connectivity index (χ2n) is 5.38. The average Bonchev–Trinajstić information content (AvgIpc) is 2.34. The molecule has 2 rings (SSSR count). The minimum atomic E-state index is -3.65. The highest BCUT2D eigenvalue weighted by Gasteiger charge is 2.42. The number of nitrogens with one attached hydrogen (secondary N) is 1. The molecule has 112 valence electrons. The maximum absolute atomic E-state index is 12.2. The third-order valence-corrected chi connectivity index (χ3v) is 5.04. The predicted molar refractivity (Wildman–Crippen MR) is 75.8 cm³/mol. The molecule has 7 heteroatoms. The van der Waals surface area contributed by atoms with E-state index in [0.29, 0.717) is 24.0 Å². The largest absolute Gasteiger partial charge is 0.481 e. The Morgan fingerprint density at radius 3 is 2.67 bits per heavy atom. The van der Waals surface area contributed by atoms with Crippen LogP contribution in [0.1, 0.15) is 36.8 Å². The first-order valence-electron chi connectivity index (χ1n) is 6.57. The molecule has 0 spiro atoms. The molecule has 1 aliphatic rings. The first kappa shape index (κ1) is 15.5. The number of carboxylic acids is 1. The lowest BCUT2D eigenvalue weighted by molar-refractivity contribution is -0.139. The van der Waals surface area contributed by atoms with Gasteiger partial charge < -0.3 is 5.11 Å². The van der Waals surface area contributed by atoms with Crippen LogP contribution in [0.3, 0.4) is 0 Å². The van der Waals surface area contributed by atoms with Crippen LogP contribution in [-0.4, -0.2) is 25.0 Å². The van der Waals surface area contributed by atoms with Gasteiger partial charge in [-0.3, -0.25) is 4.79 Å². The molecule has 0 bridgehead atoms. The monoisotopic (exact) mass is 308 g/mol. The van der Waals surface area contributed by atoms with Gasteiger partial charge in [-0.15, -0.1) is 0 Å². The van der Waals surface area contributed by atoms with Crippen molar-refractivity contribution >= 4 is 16.0 Å². The Balaban J connectivity index is 2.11. The fraction of sp³-hybridized carbons (Fsp3) is 0.429. The molecule has 1 aromatic carbocycles.